The van der Waals surface area contributed by atoms with Crippen molar-refractivity contribution in [3.8, 4) is 0 Å². The van der Waals surface area contributed by atoms with E-state index in [-0.39, 0.29) is 11.6 Å². The van der Waals surface area contributed by atoms with Gasteiger partial charge in [-0.1, -0.05) is 13.8 Å². The van der Waals surface area contributed by atoms with Gasteiger partial charge in [-0.15, -0.1) is 11.3 Å². The summed E-state index contributed by atoms with van der Waals surface area (Å²) in [5, 5.41) is 3.20. The largest absolute Gasteiger partial charge is 0.381 e. The maximum Gasteiger partial charge on any atom is 0.0954 e. The zero-order valence-corrected chi connectivity index (χ0v) is 11.4. The van der Waals surface area contributed by atoms with Gasteiger partial charge in [0.2, 0.25) is 0 Å². The van der Waals surface area contributed by atoms with Crippen LogP contribution in [0.4, 0.5) is 0 Å². The lowest BCUT2D eigenvalue weighted by Crippen LogP contribution is -2.35. The Labute approximate surface area is 102 Å². The number of methoxy groups -OCH3 is 1. The van der Waals surface area contributed by atoms with E-state index in [0.717, 1.165) is 30.0 Å². The van der Waals surface area contributed by atoms with Crippen LogP contribution in [0.2, 0.25) is 0 Å². The van der Waals surface area contributed by atoms with Gasteiger partial charge in [-0.25, -0.2) is 4.98 Å². The van der Waals surface area contributed by atoms with Crippen LogP contribution in [0.25, 0.3) is 0 Å². The monoisotopic (exact) mass is 242 g/mol. The van der Waals surface area contributed by atoms with E-state index in [1.54, 1.807) is 18.4 Å². The number of aromatic nitrogens is 1. The summed E-state index contributed by atoms with van der Waals surface area (Å²) >= 11 is 1.68. The molecule has 0 aliphatic rings. The van der Waals surface area contributed by atoms with Crippen molar-refractivity contribution in [1.29, 1.82) is 0 Å². The summed E-state index contributed by atoms with van der Waals surface area (Å²) in [7, 11) is 1.73. The SMILES string of the molecule is CCC(N)(CC)c1csc(CC(C)OC)n1. The van der Waals surface area contributed by atoms with E-state index in [4.69, 9.17) is 10.5 Å². The molecule has 1 heterocycles. The zero-order valence-electron chi connectivity index (χ0n) is 10.6. The summed E-state index contributed by atoms with van der Waals surface area (Å²) in [4.78, 5) is 4.63. The van der Waals surface area contributed by atoms with E-state index in [0.29, 0.717) is 0 Å². The lowest BCUT2D eigenvalue weighted by molar-refractivity contribution is 0.118. The smallest absolute Gasteiger partial charge is 0.0954 e. The molecule has 4 heteroatoms. The van der Waals surface area contributed by atoms with Crippen LogP contribution in [-0.4, -0.2) is 18.2 Å². The van der Waals surface area contributed by atoms with Gasteiger partial charge in [0.15, 0.2) is 0 Å². The fraction of sp³-hybridized carbons (Fsp3) is 0.750. The van der Waals surface area contributed by atoms with Crippen molar-refractivity contribution in [2.45, 2.75) is 51.7 Å². The third-order valence-corrected chi connectivity index (χ3v) is 4.06. The summed E-state index contributed by atoms with van der Waals surface area (Å²) in [6, 6.07) is 0. The number of thiazole rings is 1. The fourth-order valence-corrected chi connectivity index (χ4v) is 2.59. The maximum absolute atomic E-state index is 6.31. The molecule has 0 aromatic carbocycles. The molecule has 92 valence electrons. The first-order chi connectivity index (χ1) is 7.55. The second kappa shape index (κ2) is 5.75. The van der Waals surface area contributed by atoms with Crippen molar-refractivity contribution < 1.29 is 4.74 Å². The van der Waals surface area contributed by atoms with Gasteiger partial charge in [-0.2, -0.15) is 0 Å². The van der Waals surface area contributed by atoms with E-state index < -0.39 is 0 Å². The first-order valence-electron chi connectivity index (χ1n) is 5.82. The Morgan fingerprint density at radius 1 is 1.50 bits per heavy atom. The summed E-state index contributed by atoms with van der Waals surface area (Å²) in [6.07, 6.45) is 2.93. The lowest BCUT2D eigenvalue weighted by Gasteiger charge is -2.24. The maximum atomic E-state index is 6.31. The van der Waals surface area contributed by atoms with Gasteiger partial charge in [0.05, 0.1) is 22.3 Å². The first-order valence-corrected chi connectivity index (χ1v) is 6.70. The minimum atomic E-state index is -0.259. The van der Waals surface area contributed by atoms with Crippen molar-refractivity contribution >= 4 is 11.3 Å². The molecule has 0 amide bonds. The Kier molecular flexibility index (Phi) is 4.89. The van der Waals surface area contributed by atoms with Gasteiger partial charge >= 0.3 is 0 Å². The molecule has 1 aromatic rings. The standard InChI is InChI=1S/C12H22N2OS/c1-5-12(13,6-2)10-8-16-11(14-10)7-9(3)15-4/h8-9H,5-7,13H2,1-4H3. The third kappa shape index (κ3) is 3.03. The minimum absolute atomic E-state index is 0.217. The number of hydrogen-bond acceptors (Lipinski definition) is 4. The topological polar surface area (TPSA) is 48.1 Å². The molecule has 1 unspecified atom stereocenters. The highest BCUT2D eigenvalue weighted by Crippen LogP contribution is 2.27. The molecule has 0 radical (unpaired) electrons. The second-order valence-corrected chi connectivity index (χ2v) is 5.18. The molecule has 0 bridgehead atoms. The molecule has 1 aromatic heterocycles. The number of ether oxygens (including phenoxy) is 1. The van der Waals surface area contributed by atoms with Crippen LogP contribution in [0, 0.1) is 0 Å². The molecule has 0 aliphatic carbocycles. The molecule has 1 atom stereocenters. The molecule has 0 fully saturated rings. The van der Waals surface area contributed by atoms with Crippen LogP contribution in [0.1, 0.15) is 44.3 Å². The summed E-state index contributed by atoms with van der Waals surface area (Å²) in [5.41, 5.74) is 7.08. The molecule has 16 heavy (non-hydrogen) atoms. The molecular weight excluding hydrogens is 220 g/mol. The van der Waals surface area contributed by atoms with Crippen LogP contribution in [0.15, 0.2) is 5.38 Å². The van der Waals surface area contributed by atoms with Gasteiger partial charge in [0.25, 0.3) is 0 Å². The number of nitrogens with zero attached hydrogens (tertiary/aromatic N) is 1. The van der Waals surface area contributed by atoms with Crippen molar-refractivity contribution in [3.05, 3.63) is 16.1 Å². The Morgan fingerprint density at radius 2 is 2.12 bits per heavy atom. The van der Waals surface area contributed by atoms with Gasteiger partial charge in [0.1, 0.15) is 0 Å². The molecule has 3 nitrogen and oxygen atoms in total. The van der Waals surface area contributed by atoms with E-state index in [9.17, 15) is 0 Å². The van der Waals surface area contributed by atoms with Gasteiger partial charge in [-0.3, -0.25) is 0 Å². The Bertz CT molecular complexity index is 321. The number of hydrogen-bond donors (Lipinski definition) is 1. The molecule has 1 rings (SSSR count). The number of nitrogens with two attached hydrogens (primary N) is 1. The van der Waals surface area contributed by atoms with Crippen LogP contribution in [0.3, 0.4) is 0 Å². The molecule has 0 spiro atoms. The Balaban J connectivity index is 2.78. The predicted molar refractivity (Wildman–Crippen MR) is 68.7 cm³/mol. The van der Waals surface area contributed by atoms with Gasteiger partial charge in [-0.05, 0) is 19.8 Å². The predicted octanol–water partition coefficient (Wildman–Crippen LogP) is 2.69. The third-order valence-electron chi connectivity index (χ3n) is 3.19. The summed E-state index contributed by atoms with van der Waals surface area (Å²) in [6.45, 7) is 6.27. The van der Waals surface area contributed by atoms with E-state index >= 15 is 0 Å². The quantitative estimate of drug-likeness (QED) is 0.834. The average molecular weight is 242 g/mol. The van der Waals surface area contributed by atoms with Crippen LogP contribution >= 0.6 is 11.3 Å². The van der Waals surface area contributed by atoms with Crippen molar-refractivity contribution in [3.63, 3.8) is 0 Å². The number of rotatable bonds is 6. The van der Waals surface area contributed by atoms with E-state index in [1.165, 1.54) is 0 Å². The van der Waals surface area contributed by atoms with Crippen molar-refractivity contribution in [2.24, 2.45) is 5.73 Å². The highest BCUT2D eigenvalue weighted by Gasteiger charge is 2.25. The summed E-state index contributed by atoms with van der Waals surface area (Å²) < 4.78 is 5.24. The molecular formula is C12H22N2OS. The Hall–Kier alpha value is -0.450. The first kappa shape index (κ1) is 13.6. The molecule has 2 N–H and O–H groups in total. The second-order valence-electron chi connectivity index (χ2n) is 4.24. The van der Waals surface area contributed by atoms with E-state index in [1.807, 2.05) is 0 Å². The Morgan fingerprint density at radius 3 is 2.62 bits per heavy atom. The van der Waals surface area contributed by atoms with Crippen LogP contribution in [0.5, 0.6) is 0 Å². The molecule has 0 saturated carbocycles. The van der Waals surface area contributed by atoms with Crippen LogP contribution < -0.4 is 5.73 Å². The van der Waals surface area contributed by atoms with Gasteiger partial charge < -0.3 is 10.5 Å². The average Bonchev–Trinajstić information content (AvgIpc) is 2.76. The minimum Gasteiger partial charge on any atom is -0.381 e. The highest BCUT2D eigenvalue weighted by atomic mass is 32.1. The zero-order chi connectivity index (χ0) is 12.2. The lowest BCUT2D eigenvalue weighted by atomic mass is 9.91. The highest BCUT2D eigenvalue weighted by molar-refractivity contribution is 7.09. The summed E-state index contributed by atoms with van der Waals surface area (Å²) in [5.74, 6) is 0. The van der Waals surface area contributed by atoms with E-state index in [2.05, 4.69) is 31.1 Å². The fourth-order valence-electron chi connectivity index (χ4n) is 1.57. The van der Waals surface area contributed by atoms with Crippen molar-refractivity contribution in [2.75, 3.05) is 7.11 Å². The van der Waals surface area contributed by atoms with Crippen LogP contribution in [-0.2, 0) is 16.7 Å². The molecule has 0 aliphatic heterocycles. The normalized spacial score (nSPS) is 14.1. The van der Waals surface area contributed by atoms with Gasteiger partial charge in [0, 0.05) is 18.9 Å². The molecule has 0 saturated heterocycles. The van der Waals surface area contributed by atoms with Crippen molar-refractivity contribution in [1.82, 2.24) is 4.98 Å².